The van der Waals surface area contributed by atoms with Crippen molar-refractivity contribution in [2.45, 2.75) is 45.1 Å². The van der Waals surface area contributed by atoms with Crippen LogP contribution in [0.25, 0.3) is 0 Å². The van der Waals surface area contributed by atoms with Gasteiger partial charge in [-0.15, -0.1) is 0 Å². The van der Waals surface area contributed by atoms with Gasteiger partial charge in [-0.05, 0) is 31.1 Å². The molecule has 0 saturated heterocycles. The first-order valence-corrected chi connectivity index (χ1v) is 6.71. The van der Waals surface area contributed by atoms with Crippen molar-refractivity contribution < 1.29 is 5.11 Å². The van der Waals surface area contributed by atoms with Gasteiger partial charge in [0.2, 0.25) is 11.1 Å². The molecule has 0 bridgehead atoms. The average Bonchev–Trinajstić information content (AvgIpc) is 2.67. The molecule has 0 aromatic carbocycles. The largest absolute Gasteiger partial charge is 0.388 e. The lowest BCUT2D eigenvalue weighted by Gasteiger charge is -2.40. The Morgan fingerprint density at radius 3 is 2.53 bits per heavy atom. The summed E-state index contributed by atoms with van der Waals surface area (Å²) in [6.45, 7) is 5.04. The highest BCUT2D eigenvalue weighted by Crippen LogP contribution is 2.40. The fourth-order valence-electron chi connectivity index (χ4n) is 2.12. The fraction of sp³-hybridized carbons (Fsp3) is 0.818. The molecule has 17 heavy (non-hydrogen) atoms. The van der Waals surface area contributed by atoms with Crippen LogP contribution in [0.3, 0.4) is 0 Å². The van der Waals surface area contributed by atoms with Crippen molar-refractivity contribution in [1.82, 2.24) is 9.36 Å². The van der Waals surface area contributed by atoms with Crippen LogP contribution < -0.4 is 11.1 Å². The number of hydrogen-bond acceptors (Lipinski definition) is 6. The van der Waals surface area contributed by atoms with Crippen LogP contribution in [0.4, 0.5) is 11.1 Å². The Hall–Kier alpha value is -0.880. The summed E-state index contributed by atoms with van der Waals surface area (Å²) in [6.07, 6.45) is 3.79. The summed E-state index contributed by atoms with van der Waals surface area (Å²) in [6, 6.07) is 0. The summed E-state index contributed by atoms with van der Waals surface area (Å²) >= 11 is 1.23. The van der Waals surface area contributed by atoms with Crippen LogP contribution in [0, 0.1) is 5.41 Å². The number of aliphatic hydroxyl groups is 1. The van der Waals surface area contributed by atoms with Gasteiger partial charge in [-0.1, -0.05) is 13.8 Å². The van der Waals surface area contributed by atoms with Crippen molar-refractivity contribution in [3.63, 3.8) is 0 Å². The van der Waals surface area contributed by atoms with Gasteiger partial charge in [0, 0.05) is 18.1 Å². The zero-order chi connectivity index (χ0) is 12.5. The van der Waals surface area contributed by atoms with E-state index in [4.69, 9.17) is 5.73 Å². The highest BCUT2D eigenvalue weighted by atomic mass is 32.1. The molecule has 96 valence electrons. The molecule has 0 aliphatic heterocycles. The topological polar surface area (TPSA) is 84.1 Å². The summed E-state index contributed by atoms with van der Waals surface area (Å²) in [4.78, 5) is 4.02. The minimum Gasteiger partial charge on any atom is -0.388 e. The van der Waals surface area contributed by atoms with Crippen molar-refractivity contribution in [2.24, 2.45) is 5.41 Å². The number of nitrogens with zero attached hydrogens (tertiary/aromatic N) is 2. The van der Waals surface area contributed by atoms with E-state index in [1.807, 2.05) is 0 Å². The first-order chi connectivity index (χ1) is 7.89. The molecule has 0 atom stereocenters. The molecule has 1 aliphatic carbocycles. The zero-order valence-electron chi connectivity index (χ0n) is 10.4. The van der Waals surface area contributed by atoms with Crippen LogP contribution in [-0.4, -0.2) is 26.6 Å². The van der Waals surface area contributed by atoms with Crippen molar-refractivity contribution in [3.8, 4) is 0 Å². The van der Waals surface area contributed by atoms with Crippen LogP contribution in [0.1, 0.15) is 39.5 Å². The van der Waals surface area contributed by atoms with Crippen LogP contribution in [-0.2, 0) is 0 Å². The second-order valence-electron chi connectivity index (χ2n) is 5.70. The maximum Gasteiger partial charge on any atom is 0.233 e. The van der Waals surface area contributed by atoms with E-state index < -0.39 is 5.60 Å². The van der Waals surface area contributed by atoms with Gasteiger partial charge in [0.25, 0.3) is 0 Å². The third-order valence-electron chi connectivity index (χ3n) is 3.54. The van der Waals surface area contributed by atoms with Gasteiger partial charge in [-0.3, -0.25) is 0 Å². The molecule has 0 spiro atoms. The lowest BCUT2D eigenvalue weighted by atomic mass is 9.71. The smallest absolute Gasteiger partial charge is 0.233 e. The standard InChI is InChI=1S/C11H20N4OS/c1-10(2)3-5-11(16,6-4-10)7-13-9-14-8(12)15-17-9/h16H,3-7H2,1-2H3,(H3,12,13,14,15). The first-order valence-electron chi connectivity index (χ1n) is 5.94. The normalized spacial score (nSPS) is 22.3. The predicted molar refractivity (Wildman–Crippen MR) is 70.0 cm³/mol. The summed E-state index contributed by atoms with van der Waals surface area (Å²) in [7, 11) is 0. The van der Waals surface area contributed by atoms with Crippen LogP contribution >= 0.6 is 11.5 Å². The molecule has 5 nitrogen and oxygen atoms in total. The van der Waals surface area contributed by atoms with Crippen molar-refractivity contribution in [1.29, 1.82) is 0 Å². The maximum atomic E-state index is 10.4. The van der Waals surface area contributed by atoms with Crippen molar-refractivity contribution >= 4 is 22.6 Å². The maximum absolute atomic E-state index is 10.4. The molecule has 6 heteroatoms. The number of nitrogen functional groups attached to an aromatic ring is 1. The van der Waals surface area contributed by atoms with E-state index >= 15 is 0 Å². The van der Waals surface area contributed by atoms with Gasteiger partial charge >= 0.3 is 0 Å². The number of anilines is 2. The summed E-state index contributed by atoms with van der Waals surface area (Å²) in [5.74, 6) is 0.286. The fourth-order valence-corrected chi connectivity index (χ4v) is 2.61. The van der Waals surface area contributed by atoms with Gasteiger partial charge < -0.3 is 16.2 Å². The second kappa shape index (κ2) is 4.42. The monoisotopic (exact) mass is 256 g/mol. The van der Waals surface area contributed by atoms with Crippen molar-refractivity contribution in [2.75, 3.05) is 17.6 Å². The molecule has 1 aromatic heterocycles. The minimum absolute atomic E-state index is 0.286. The van der Waals surface area contributed by atoms with E-state index in [-0.39, 0.29) is 5.95 Å². The van der Waals surface area contributed by atoms with Crippen LogP contribution in [0.2, 0.25) is 0 Å². The minimum atomic E-state index is -0.615. The number of hydrogen-bond donors (Lipinski definition) is 3. The molecule has 1 saturated carbocycles. The zero-order valence-corrected chi connectivity index (χ0v) is 11.2. The molecular weight excluding hydrogens is 236 g/mol. The van der Waals surface area contributed by atoms with Gasteiger partial charge in [0.1, 0.15) is 0 Å². The van der Waals surface area contributed by atoms with E-state index in [0.717, 1.165) is 25.7 Å². The first kappa shape index (κ1) is 12.6. The lowest BCUT2D eigenvalue weighted by Crippen LogP contribution is -2.42. The molecule has 2 rings (SSSR count). The third-order valence-corrected chi connectivity index (χ3v) is 4.23. The second-order valence-corrected chi connectivity index (χ2v) is 6.45. The van der Waals surface area contributed by atoms with Crippen molar-refractivity contribution in [3.05, 3.63) is 0 Å². The highest BCUT2D eigenvalue weighted by molar-refractivity contribution is 7.09. The molecule has 4 N–H and O–H groups in total. The van der Waals surface area contributed by atoms with E-state index in [0.29, 0.717) is 17.1 Å². The summed E-state index contributed by atoms with van der Waals surface area (Å²) < 4.78 is 3.89. The molecule has 1 fully saturated rings. The van der Waals surface area contributed by atoms with E-state index in [2.05, 4.69) is 28.5 Å². The summed E-state index contributed by atoms with van der Waals surface area (Å²) in [5, 5.41) is 14.2. The Kier molecular flexibility index (Phi) is 3.27. The Bertz CT molecular complexity index is 381. The van der Waals surface area contributed by atoms with Gasteiger partial charge in [-0.2, -0.15) is 9.36 Å². The molecule has 1 aliphatic rings. The quantitative estimate of drug-likeness (QED) is 0.769. The SMILES string of the molecule is CC1(C)CCC(O)(CNc2nc(N)ns2)CC1. The molecule has 1 aromatic rings. The Morgan fingerprint density at radius 1 is 1.35 bits per heavy atom. The van der Waals surface area contributed by atoms with Crippen LogP contribution in [0.15, 0.2) is 0 Å². The number of nitrogens with one attached hydrogen (secondary N) is 1. The van der Waals surface area contributed by atoms with Gasteiger partial charge in [-0.25, -0.2) is 0 Å². The van der Waals surface area contributed by atoms with Gasteiger partial charge in [0.05, 0.1) is 5.60 Å². The lowest BCUT2D eigenvalue weighted by molar-refractivity contribution is -0.0145. The third kappa shape index (κ3) is 3.29. The summed E-state index contributed by atoms with van der Waals surface area (Å²) in [5.41, 5.74) is 5.19. The Balaban J connectivity index is 1.87. The Labute approximate surface area is 106 Å². The van der Waals surface area contributed by atoms with E-state index in [1.165, 1.54) is 11.5 Å². The number of aromatic nitrogens is 2. The molecule has 0 unspecified atom stereocenters. The predicted octanol–water partition coefficient (Wildman–Crippen LogP) is 1.86. The molecule has 0 radical (unpaired) electrons. The number of nitrogens with two attached hydrogens (primary N) is 1. The van der Waals surface area contributed by atoms with Gasteiger partial charge in [0.15, 0.2) is 0 Å². The van der Waals surface area contributed by atoms with E-state index in [9.17, 15) is 5.11 Å². The molecular formula is C11H20N4OS. The average molecular weight is 256 g/mol. The Morgan fingerprint density at radius 2 is 2.00 bits per heavy atom. The highest BCUT2D eigenvalue weighted by Gasteiger charge is 2.36. The number of rotatable bonds is 3. The molecule has 1 heterocycles. The van der Waals surface area contributed by atoms with E-state index in [1.54, 1.807) is 0 Å². The molecule has 0 amide bonds. The van der Waals surface area contributed by atoms with Crippen LogP contribution in [0.5, 0.6) is 0 Å².